The summed E-state index contributed by atoms with van der Waals surface area (Å²) in [7, 11) is -2.53. The van der Waals surface area contributed by atoms with Crippen LogP contribution in [0.3, 0.4) is 0 Å². The van der Waals surface area contributed by atoms with Gasteiger partial charge >= 0.3 is 0 Å². The summed E-state index contributed by atoms with van der Waals surface area (Å²) in [6.07, 6.45) is 0.928. The Morgan fingerprint density at radius 1 is 1.14 bits per heavy atom. The Morgan fingerprint density at radius 3 is 2.48 bits per heavy atom. The topological polar surface area (TPSA) is 75.7 Å². The first-order chi connectivity index (χ1) is 13.7. The number of piperidine rings is 1. The van der Waals surface area contributed by atoms with Crippen molar-refractivity contribution in [1.82, 2.24) is 4.31 Å². The monoisotopic (exact) mass is 420 g/mol. The maximum atomic E-state index is 14.4. The Hall–Kier alpha value is -2.45. The standard InChI is InChI=1S/C21H25FN2O4S/c1-14-9-15(2)13-24(12-14)29(26,27)20-10-16(7-8-19(20)22)21(25)23-17-5-4-6-18(11-17)28-3/h4-8,10-11,14-15H,9,12-13H2,1-3H3,(H,23,25). The van der Waals surface area contributed by atoms with E-state index in [1.807, 2.05) is 13.8 Å². The second-order valence-electron chi connectivity index (χ2n) is 7.60. The van der Waals surface area contributed by atoms with Crippen molar-refractivity contribution in [1.29, 1.82) is 0 Å². The first-order valence-corrected chi connectivity index (χ1v) is 10.9. The highest BCUT2D eigenvalue weighted by Gasteiger charge is 2.33. The van der Waals surface area contributed by atoms with Gasteiger partial charge in [0.25, 0.3) is 5.91 Å². The predicted octanol–water partition coefficient (Wildman–Crippen LogP) is 3.75. The largest absolute Gasteiger partial charge is 0.497 e. The number of carbonyl (C=O) groups excluding carboxylic acids is 1. The van der Waals surface area contributed by atoms with Gasteiger partial charge < -0.3 is 10.1 Å². The normalized spacial score (nSPS) is 20.3. The van der Waals surface area contributed by atoms with Crippen LogP contribution in [0.15, 0.2) is 47.4 Å². The molecule has 1 aliphatic heterocycles. The van der Waals surface area contributed by atoms with Gasteiger partial charge in [-0.2, -0.15) is 4.31 Å². The Bertz CT molecular complexity index is 999. The maximum absolute atomic E-state index is 14.4. The van der Waals surface area contributed by atoms with E-state index in [4.69, 9.17) is 4.74 Å². The maximum Gasteiger partial charge on any atom is 0.255 e. The fourth-order valence-electron chi connectivity index (χ4n) is 3.69. The molecule has 1 fully saturated rings. The molecule has 2 aromatic carbocycles. The van der Waals surface area contributed by atoms with Gasteiger partial charge in [0.15, 0.2) is 0 Å². The molecular weight excluding hydrogens is 395 g/mol. The van der Waals surface area contributed by atoms with Crippen LogP contribution in [0.25, 0.3) is 0 Å². The molecule has 1 saturated heterocycles. The second kappa shape index (κ2) is 8.51. The highest BCUT2D eigenvalue weighted by atomic mass is 32.2. The highest BCUT2D eigenvalue weighted by molar-refractivity contribution is 7.89. The molecule has 6 nitrogen and oxygen atoms in total. The molecule has 29 heavy (non-hydrogen) atoms. The van der Waals surface area contributed by atoms with E-state index in [0.717, 1.165) is 18.6 Å². The van der Waals surface area contributed by atoms with Gasteiger partial charge in [-0.3, -0.25) is 4.79 Å². The van der Waals surface area contributed by atoms with Crippen LogP contribution in [0.2, 0.25) is 0 Å². The van der Waals surface area contributed by atoms with Gasteiger partial charge in [0, 0.05) is 30.4 Å². The van der Waals surface area contributed by atoms with Crippen molar-refractivity contribution in [3.8, 4) is 5.75 Å². The molecule has 0 aromatic heterocycles. The van der Waals surface area contributed by atoms with E-state index in [1.165, 1.54) is 17.5 Å². The minimum atomic E-state index is -4.04. The number of nitrogens with one attached hydrogen (secondary N) is 1. The molecule has 1 aliphatic rings. The van der Waals surface area contributed by atoms with E-state index in [1.54, 1.807) is 24.3 Å². The van der Waals surface area contributed by atoms with Gasteiger partial charge in [-0.25, -0.2) is 12.8 Å². The highest BCUT2D eigenvalue weighted by Crippen LogP contribution is 2.28. The summed E-state index contributed by atoms with van der Waals surface area (Å²) in [6.45, 7) is 4.64. The SMILES string of the molecule is COc1cccc(NC(=O)c2ccc(F)c(S(=O)(=O)N3CC(C)CC(C)C3)c2)c1. The van der Waals surface area contributed by atoms with Crippen molar-refractivity contribution >= 4 is 21.6 Å². The molecule has 2 aromatic rings. The van der Waals surface area contributed by atoms with Crippen LogP contribution in [0.5, 0.6) is 5.75 Å². The van der Waals surface area contributed by atoms with Crippen molar-refractivity contribution in [3.63, 3.8) is 0 Å². The van der Waals surface area contributed by atoms with Crippen LogP contribution in [-0.2, 0) is 10.0 Å². The third kappa shape index (κ3) is 4.76. The minimum absolute atomic E-state index is 0.0610. The van der Waals surface area contributed by atoms with Gasteiger partial charge in [0.1, 0.15) is 16.5 Å². The molecule has 0 radical (unpaired) electrons. The predicted molar refractivity (Wildman–Crippen MR) is 109 cm³/mol. The molecule has 0 spiro atoms. The number of nitrogens with zero attached hydrogens (tertiary/aromatic N) is 1. The number of hydrogen-bond donors (Lipinski definition) is 1. The summed E-state index contributed by atoms with van der Waals surface area (Å²) in [6, 6.07) is 10.2. The molecule has 0 aliphatic carbocycles. The molecule has 1 N–H and O–H groups in total. The summed E-state index contributed by atoms with van der Waals surface area (Å²) in [5.41, 5.74) is 0.549. The van der Waals surface area contributed by atoms with Gasteiger partial charge in [-0.15, -0.1) is 0 Å². The summed E-state index contributed by atoms with van der Waals surface area (Å²) in [4.78, 5) is 12.1. The first-order valence-electron chi connectivity index (χ1n) is 9.46. The van der Waals surface area contributed by atoms with Crippen LogP contribution >= 0.6 is 0 Å². The Kier molecular flexibility index (Phi) is 6.24. The zero-order chi connectivity index (χ0) is 21.2. The zero-order valence-electron chi connectivity index (χ0n) is 16.7. The van der Waals surface area contributed by atoms with Crippen LogP contribution in [0.4, 0.5) is 10.1 Å². The van der Waals surface area contributed by atoms with Crippen LogP contribution in [-0.4, -0.2) is 38.8 Å². The van der Waals surface area contributed by atoms with Crippen molar-refractivity contribution in [2.45, 2.75) is 25.2 Å². The Morgan fingerprint density at radius 2 is 1.83 bits per heavy atom. The van der Waals surface area contributed by atoms with Crippen molar-refractivity contribution in [3.05, 3.63) is 53.8 Å². The average Bonchev–Trinajstić information content (AvgIpc) is 2.67. The molecule has 1 amide bonds. The summed E-state index contributed by atoms with van der Waals surface area (Å²) >= 11 is 0. The summed E-state index contributed by atoms with van der Waals surface area (Å²) < 4.78 is 47.0. The minimum Gasteiger partial charge on any atom is -0.497 e. The lowest BCUT2D eigenvalue weighted by Gasteiger charge is -2.34. The Balaban J connectivity index is 1.88. The van der Waals surface area contributed by atoms with E-state index in [0.29, 0.717) is 24.5 Å². The first kappa shape index (κ1) is 21.3. The molecule has 1 heterocycles. The lowest BCUT2D eigenvalue weighted by atomic mass is 9.94. The number of halogens is 1. The van der Waals surface area contributed by atoms with E-state index in [2.05, 4.69) is 5.32 Å². The molecule has 156 valence electrons. The Labute approximate surface area is 170 Å². The number of hydrogen-bond acceptors (Lipinski definition) is 4. The molecule has 8 heteroatoms. The average molecular weight is 421 g/mol. The number of sulfonamides is 1. The molecular formula is C21H25FN2O4S. The number of methoxy groups -OCH3 is 1. The van der Waals surface area contributed by atoms with Crippen molar-refractivity contribution < 1.29 is 22.3 Å². The van der Waals surface area contributed by atoms with Gasteiger partial charge in [0.05, 0.1) is 7.11 Å². The smallest absolute Gasteiger partial charge is 0.255 e. The lowest BCUT2D eigenvalue weighted by molar-refractivity contribution is 0.102. The van der Waals surface area contributed by atoms with E-state index in [9.17, 15) is 17.6 Å². The van der Waals surface area contributed by atoms with Crippen molar-refractivity contribution in [2.24, 2.45) is 11.8 Å². The number of amides is 1. The molecule has 0 saturated carbocycles. The number of carbonyl (C=O) groups is 1. The summed E-state index contributed by atoms with van der Waals surface area (Å²) in [5.74, 6) is -0.449. The van der Waals surface area contributed by atoms with Crippen molar-refractivity contribution in [2.75, 3.05) is 25.5 Å². The summed E-state index contributed by atoms with van der Waals surface area (Å²) in [5, 5.41) is 2.67. The third-order valence-electron chi connectivity index (χ3n) is 4.97. The van der Waals surface area contributed by atoms with Gasteiger partial charge in [-0.05, 0) is 48.6 Å². The molecule has 2 atom stereocenters. The lowest BCUT2D eigenvalue weighted by Crippen LogP contribution is -2.42. The van der Waals surface area contributed by atoms with Crippen LogP contribution < -0.4 is 10.1 Å². The van der Waals surface area contributed by atoms with Gasteiger partial charge in [0.2, 0.25) is 10.0 Å². The molecule has 2 unspecified atom stereocenters. The number of rotatable bonds is 5. The molecule has 0 bridgehead atoms. The van der Waals surface area contributed by atoms with E-state index >= 15 is 0 Å². The second-order valence-corrected chi connectivity index (χ2v) is 9.51. The van der Waals surface area contributed by atoms with Gasteiger partial charge in [-0.1, -0.05) is 19.9 Å². The van der Waals surface area contributed by atoms with Crippen LogP contribution in [0, 0.1) is 17.7 Å². The zero-order valence-corrected chi connectivity index (χ0v) is 17.5. The number of ether oxygens (including phenoxy) is 1. The molecule has 3 rings (SSSR count). The van der Waals surface area contributed by atoms with E-state index in [-0.39, 0.29) is 17.4 Å². The third-order valence-corrected chi connectivity index (χ3v) is 6.82. The fraction of sp³-hybridized carbons (Fsp3) is 0.381. The number of anilines is 1. The number of benzene rings is 2. The van der Waals surface area contributed by atoms with E-state index < -0.39 is 26.6 Å². The fourth-order valence-corrected chi connectivity index (χ4v) is 5.46. The quantitative estimate of drug-likeness (QED) is 0.799. The van der Waals surface area contributed by atoms with Crippen LogP contribution in [0.1, 0.15) is 30.6 Å².